The minimum atomic E-state index is -1.25. The van der Waals surface area contributed by atoms with Gasteiger partial charge >= 0.3 is 5.97 Å². The van der Waals surface area contributed by atoms with Crippen LogP contribution in [-0.2, 0) is 15.0 Å². The highest BCUT2D eigenvalue weighted by Crippen LogP contribution is 2.54. The van der Waals surface area contributed by atoms with Crippen molar-refractivity contribution < 1.29 is 19.1 Å². The van der Waals surface area contributed by atoms with Gasteiger partial charge in [-0.1, -0.05) is 109 Å². The Kier molecular flexibility index (Phi) is 7.43. The number of ether oxygens (including phenoxy) is 2. The van der Waals surface area contributed by atoms with Gasteiger partial charge in [-0.25, -0.2) is 0 Å². The molecule has 1 aliphatic heterocycles. The summed E-state index contributed by atoms with van der Waals surface area (Å²) in [6.07, 6.45) is 0. The number of esters is 1. The van der Waals surface area contributed by atoms with Gasteiger partial charge in [0.1, 0.15) is 16.9 Å². The molecule has 0 bridgehead atoms. The van der Waals surface area contributed by atoms with Crippen LogP contribution in [0.5, 0.6) is 11.5 Å². The second kappa shape index (κ2) is 11.9. The third-order valence-electron chi connectivity index (χ3n) is 8.56. The molecule has 0 aromatic heterocycles. The maximum absolute atomic E-state index is 15.4. The fourth-order valence-corrected chi connectivity index (χ4v) is 6.57. The van der Waals surface area contributed by atoms with Crippen molar-refractivity contribution in [3.63, 3.8) is 0 Å². The van der Waals surface area contributed by atoms with Crippen molar-refractivity contribution in [3.05, 3.63) is 168 Å². The van der Waals surface area contributed by atoms with E-state index >= 15 is 4.79 Å². The Bertz CT molecular complexity index is 2060. The van der Waals surface area contributed by atoms with Gasteiger partial charge in [-0.05, 0) is 64.7 Å². The minimum Gasteiger partial charge on any atom is -0.496 e. The number of para-hydroxylation sites is 2. The molecule has 5 heteroatoms. The van der Waals surface area contributed by atoms with Crippen LogP contribution >= 0.6 is 0 Å². The van der Waals surface area contributed by atoms with Crippen LogP contribution in [0.2, 0.25) is 0 Å². The first kappa shape index (κ1) is 28.8. The molecule has 0 saturated carbocycles. The van der Waals surface area contributed by atoms with E-state index in [1.54, 1.807) is 13.2 Å². The summed E-state index contributed by atoms with van der Waals surface area (Å²) in [6.45, 7) is 1.39. The number of methoxy groups -OCH3 is 1. The summed E-state index contributed by atoms with van der Waals surface area (Å²) in [7, 11) is 1.66. The number of amides is 1. The van der Waals surface area contributed by atoms with Crippen molar-refractivity contribution in [2.75, 3.05) is 12.0 Å². The Hall–Kier alpha value is -5.94. The van der Waals surface area contributed by atoms with E-state index < -0.39 is 11.4 Å². The molecule has 224 valence electrons. The lowest BCUT2D eigenvalue weighted by Gasteiger charge is -2.32. The summed E-state index contributed by atoms with van der Waals surface area (Å²) >= 11 is 0. The number of anilines is 2. The van der Waals surface area contributed by atoms with Crippen molar-refractivity contribution in [2.24, 2.45) is 0 Å². The predicted molar refractivity (Wildman–Crippen MR) is 182 cm³/mol. The monoisotopic (exact) mass is 601 g/mol. The predicted octanol–water partition coefficient (Wildman–Crippen LogP) is 8.97. The zero-order valence-electron chi connectivity index (χ0n) is 25.5. The van der Waals surface area contributed by atoms with Crippen molar-refractivity contribution in [3.8, 4) is 33.8 Å². The molecule has 1 heterocycles. The molecular formula is C41H31NO4. The van der Waals surface area contributed by atoms with Gasteiger partial charge in [0, 0.05) is 29.3 Å². The van der Waals surface area contributed by atoms with Crippen molar-refractivity contribution in [2.45, 2.75) is 12.3 Å². The van der Waals surface area contributed by atoms with Gasteiger partial charge in [-0.2, -0.15) is 0 Å². The highest BCUT2D eigenvalue weighted by Gasteiger charge is 2.54. The summed E-state index contributed by atoms with van der Waals surface area (Å²) in [5.41, 5.74) is 6.17. The fraction of sp³-hybridized carbons (Fsp3) is 0.0732. The fourth-order valence-electron chi connectivity index (χ4n) is 6.57. The van der Waals surface area contributed by atoms with E-state index in [1.165, 1.54) is 6.92 Å². The maximum atomic E-state index is 15.4. The van der Waals surface area contributed by atoms with Crippen molar-refractivity contribution >= 4 is 23.3 Å². The molecule has 0 aliphatic carbocycles. The standard InChI is InChI=1S/C41H31NO4/c1-28(43)46-39-25-23-32(27-35(39)30-16-8-4-9-17-30)41(31-22-24-38(45-2)34(26-31)29-14-6-3-7-15-29)36-20-12-13-21-37(36)42(40(41)44)33-18-10-5-11-19-33/h3-27H,1-2H3. The van der Waals surface area contributed by atoms with E-state index in [-0.39, 0.29) is 5.91 Å². The molecule has 6 aromatic carbocycles. The number of rotatable bonds is 7. The molecule has 7 rings (SSSR count). The molecule has 1 amide bonds. The Labute approximate surface area is 268 Å². The van der Waals surface area contributed by atoms with Gasteiger partial charge in [0.15, 0.2) is 0 Å². The summed E-state index contributed by atoms with van der Waals surface area (Å²) in [4.78, 5) is 29.4. The first-order valence-electron chi connectivity index (χ1n) is 15.1. The molecule has 0 radical (unpaired) electrons. The smallest absolute Gasteiger partial charge is 0.308 e. The van der Waals surface area contributed by atoms with E-state index in [2.05, 4.69) is 6.07 Å². The average Bonchev–Trinajstić information content (AvgIpc) is 3.37. The Morgan fingerprint density at radius 1 is 0.609 bits per heavy atom. The molecule has 1 unspecified atom stereocenters. The first-order chi connectivity index (χ1) is 22.5. The number of hydrogen-bond acceptors (Lipinski definition) is 4. The van der Waals surface area contributed by atoms with Crippen LogP contribution in [0.3, 0.4) is 0 Å². The van der Waals surface area contributed by atoms with E-state index in [1.807, 2.05) is 144 Å². The van der Waals surface area contributed by atoms with Gasteiger partial charge in [-0.3, -0.25) is 14.5 Å². The van der Waals surface area contributed by atoms with Crippen LogP contribution in [0.1, 0.15) is 23.6 Å². The quantitative estimate of drug-likeness (QED) is 0.135. The number of benzene rings is 6. The molecule has 1 aliphatic rings. The molecule has 46 heavy (non-hydrogen) atoms. The van der Waals surface area contributed by atoms with Crippen LogP contribution in [0, 0.1) is 0 Å². The van der Waals surface area contributed by atoms with Crippen LogP contribution in [0.15, 0.2) is 152 Å². The third kappa shape index (κ3) is 4.74. The minimum absolute atomic E-state index is 0.108. The number of nitrogens with zero attached hydrogens (tertiary/aromatic N) is 1. The number of hydrogen-bond donors (Lipinski definition) is 0. The molecule has 0 fully saturated rings. The topological polar surface area (TPSA) is 55.8 Å². The summed E-state index contributed by atoms with van der Waals surface area (Å²) < 4.78 is 11.5. The van der Waals surface area contributed by atoms with Gasteiger partial charge in [0.2, 0.25) is 0 Å². The first-order valence-corrected chi connectivity index (χ1v) is 15.1. The largest absolute Gasteiger partial charge is 0.496 e. The normalized spacial score (nSPS) is 15.3. The Morgan fingerprint density at radius 2 is 1.11 bits per heavy atom. The number of carbonyl (C=O) groups excluding carboxylic acids is 2. The molecule has 6 aromatic rings. The Morgan fingerprint density at radius 3 is 1.67 bits per heavy atom. The lowest BCUT2D eigenvalue weighted by atomic mass is 9.69. The third-order valence-corrected chi connectivity index (χ3v) is 8.56. The lowest BCUT2D eigenvalue weighted by Crippen LogP contribution is -2.40. The lowest BCUT2D eigenvalue weighted by molar-refractivity contribution is -0.131. The zero-order valence-corrected chi connectivity index (χ0v) is 25.5. The van der Waals surface area contributed by atoms with Crippen molar-refractivity contribution in [1.29, 1.82) is 0 Å². The molecule has 0 N–H and O–H groups in total. The molecule has 0 spiro atoms. The summed E-state index contributed by atoms with van der Waals surface area (Å²) in [5.74, 6) is 0.609. The van der Waals surface area contributed by atoms with Gasteiger partial charge < -0.3 is 9.47 Å². The highest BCUT2D eigenvalue weighted by atomic mass is 16.5. The van der Waals surface area contributed by atoms with Crippen LogP contribution in [-0.4, -0.2) is 19.0 Å². The van der Waals surface area contributed by atoms with Gasteiger partial charge in [-0.15, -0.1) is 0 Å². The summed E-state index contributed by atoms with van der Waals surface area (Å²) in [5, 5.41) is 0. The van der Waals surface area contributed by atoms with Gasteiger partial charge in [0.05, 0.1) is 12.8 Å². The van der Waals surface area contributed by atoms with Crippen LogP contribution in [0.25, 0.3) is 22.3 Å². The average molecular weight is 602 g/mol. The number of fused-ring (bicyclic) bond motifs is 1. The molecule has 1 atom stereocenters. The van der Waals surface area contributed by atoms with Crippen LogP contribution < -0.4 is 14.4 Å². The zero-order chi connectivity index (χ0) is 31.7. The van der Waals surface area contributed by atoms with E-state index in [0.717, 1.165) is 44.8 Å². The Balaban J connectivity index is 1.56. The second-order valence-corrected chi connectivity index (χ2v) is 11.2. The molecule has 0 saturated heterocycles. The van der Waals surface area contributed by atoms with Crippen molar-refractivity contribution in [1.82, 2.24) is 0 Å². The number of carbonyl (C=O) groups is 2. The second-order valence-electron chi connectivity index (χ2n) is 11.2. The van der Waals surface area contributed by atoms with E-state index in [4.69, 9.17) is 9.47 Å². The van der Waals surface area contributed by atoms with Gasteiger partial charge in [0.25, 0.3) is 5.91 Å². The van der Waals surface area contributed by atoms with Crippen LogP contribution in [0.4, 0.5) is 11.4 Å². The van der Waals surface area contributed by atoms with E-state index in [9.17, 15) is 4.79 Å². The SMILES string of the molecule is COc1ccc(C2(c3ccc(OC(C)=O)c(-c4ccccc4)c3)C(=O)N(c3ccccc3)c3ccccc32)cc1-c1ccccc1. The maximum Gasteiger partial charge on any atom is 0.308 e. The molecule has 5 nitrogen and oxygen atoms in total. The highest BCUT2D eigenvalue weighted by molar-refractivity contribution is 6.17. The summed E-state index contributed by atoms with van der Waals surface area (Å²) in [6, 6.07) is 49.2. The van der Waals surface area contributed by atoms with E-state index in [0.29, 0.717) is 17.1 Å². The molecular weight excluding hydrogens is 570 g/mol.